The molecule has 1 aromatic heterocycles. The first kappa shape index (κ1) is 14.0. The molecule has 2 rings (SSSR count). The summed E-state index contributed by atoms with van der Waals surface area (Å²) in [6.07, 6.45) is 2.19. The predicted molar refractivity (Wildman–Crippen MR) is 80.2 cm³/mol. The van der Waals surface area contributed by atoms with Gasteiger partial charge in [0.15, 0.2) is 0 Å². The number of aromatic amines is 1. The molecule has 0 aliphatic rings. The highest BCUT2D eigenvalue weighted by Crippen LogP contribution is 2.13. The Kier molecular flexibility index (Phi) is 4.93. The summed E-state index contributed by atoms with van der Waals surface area (Å²) in [5.41, 5.74) is 9.12. The number of aryl methyl sites for hydroxylation is 1. The molecule has 1 atom stereocenters. The van der Waals surface area contributed by atoms with Gasteiger partial charge in [0.1, 0.15) is 5.82 Å². The van der Waals surface area contributed by atoms with Crippen LogP contribution >= 0.6 is 0 Å². The molecule has 0 spiro atoms. The Hall–Kier alpha value is -1.39. The molecule has 0 saturated carbocycles. The van der Waals surface area contributed by atoms with Gasteiger partial charge in [-0.3, -0.25) is 0 Å². The summed E-state index contributed by atoms with van der Waals surface area (Å²) in [6, 6.07) is 6.44. The van der Waals surface area contributed by atoms with Crippen LogP contribution < -0.4 is 11.1 Å². The lowest BCUT2D eigenvalue weighted by Gasteiger charge is -2.09. The van der Waals surface area contributed by atoms with Crippen LogP contribution in [-0.4, -0.2) is 29.6 Å². The van der Waals surface area contributed by atoms with Crippen molar-refractivity contribution in [3.05, 3.63) is 29.6 Å². The van der Waals surface area contributed by atoms with Gasteiger partial charge < -0.3 is 16.0 Å². The third-order valence-electron chi connectivity index (χ3n) is 3.47. The largest absolute Gasteiger partial charge is 0.342 e. The van der Waals surface area contributed by atoms with Crippen molar-refractivity contribution in [1.29, 1.82) is 0 Å². The number of benzene rings is 1. The fourth-order valence-electron chi connectivity index (χ4n) is 2.16. The third-order valence-corrected chi connectivity index (χ3v) is 3.47. The summed E-state index contributed by atoms with van der Waals surface area (Å²) < 4.78 is 0. The van der Waals surface area contributed by atoms with Gasteiger partial charge in [0, 0.05) is 0 Å². The Morgan fingerprint density at radius 2 is 2.21 bits per heavy atom. The van der Waals surface area contributed by atoms with E-state index in [1.807, 2.05) is 6.92 Å². The van der Waals surface area contributed by atoms with Gasteiger partial charge in [0.2, 0.25) is 0 Å². The van der Waals surface area contributed by atoms with Gasteiger partial charge in [0.05, 0.1) is 11.0 Å². The number of fused-ring (bicyclic) bond motifs is 1. The summed E-state index contributed by atoms with van der Waals surface area (Å²) in [5, 5.41) is 3.47. The SMILES string of the molecule is Cc1nc2ccc(CCNCCC(C)CN)cc2[nH]1. The number of hydrogen-bond acceptors (Lipinski definition) is 3. The Morgan fingerprint density at radius 3 is 3.00 bits per heavy atom. The summed E-state index contributed by atoms with van der Waals surface area (Å²) in [6.45, 7) is 7.01. The van der Waals surface area contributed by atoms with Crippen LogP contribution in [0.1, 0.15) is 24.7 Å². The molecular formula is C15H24N4. The van der Waals surface area contributed by atoms with E-state index >= 15 is 0 Å². The van der Waals surface area contributed by atoms with Crippen molar-refractivity contribution in [3.8, 4) is 0 Å². The quantitative estimate of drug-likeness (QED) is 0.667. The molecule has 0 saturated heterocycles. The van der Waals surface area contributed by atoms with E-state index in [0.29, 0.717) is 5.92 Å². The number of H-pyrrole nitrogens is 1. The zero-order valence-corrected chi connectivity index (χ0v) is 11.9. The lowest BCUT2D eigenvalue weighted by Crippen LogP contribution is -2.22. The second-order valence-corrected chi connectivity index (χ2v) is 5.30. The Bertz CT molecular complexity index is 518. The maximum absolute atomic E-state index is 5.60. The van der Waals surface area contributed by atoms with Gasteiger partial charge in [-0.25, -0.2) is 4.98 Å². The topological polar surface area (TPSA) is 66.7 Å². The Morgan fingerprint density at radius 1 is 1.37 bits per heavy atom. The lowest BCUT2D eigenvalue weighted by molar-refractivity contribution is 0.511. The fraction of sp³-hybridized carbons (Fsp3) is 0.533. The van der Waals surface area contributed by atoms with Crippen molar-refractivity contribution in [1.82, 2.24) is 15.3 Å². The molecule has 4 nitrogen and oxygen atoms in total. The molecule has 1 aromatic carbocycles. The van der Waals surface area contributed by atoms with Crippen molar-refractivity contribution in [2.45, 2.75) is 26.7 Å². The fourth-order valence-corrected chi connectivity index (χ4v) is 2.16. The van der Waals surface area contributed by atoms with Crippen LogP contribution in [0.15, 0.2) is 18.2 Å². The van der Waals surface area contributed by atoms with Crippen molar-refractivity contribution in [3.63, 3.8) is 0 Å². The van der Waals surface area contributed by atoms with Crippen LogP contribution in [-0.2, 0) is 6.42 Å². The van der Waals surface area contributed by atoms with E-state index < -0.39 is 0 Å². The van der Waals surface area contributed by atoms with E-state index in [4.69, 9.17) is 5.73 Å². The zero-order chi connectivity index (χ0) is 13.7. The second kappa shape index (κ2) is 6.68. The third kappa shape index (κ3) is 4.04. The van der Waals surface area contributed by atoms with E-state index in [1.165, 1.54) is 5.56 Å². The smallest absolute Gasteiger partial charge is 0.104 e. The van der Waals surface area contributed by atoms with Crippen LogP contribution in [0, 0.1) is 12.8 Å². The van der Waals surface area contributed by atoms with Gasteiger partial charge >= 0.3 is 0 Å². The molecule has 1 heterocycles. The number of imidazole rings is 1. The normalized spacial score (nSPS) is 13.0. The zero-order valence-electron chi connectivity index (χ0n) is 11.9. The lowest BCUT2D eigenvalue weighted by atomic mass is 10.1. The maximum Gasteiger partial charge on any atom is 0.104 e. The minimum Gasteiger partial charge on any atom is -0.342 e. The molecule has 1 unspecified atom stereocenters. The number of nitrogens with two attached hydrogens (primary N) is 1. The Labute approximate surface area is 114 Å². The minimum atomic E-state index is 0.608. The van der Waals surface area contributed by atoms with Crippen LogP contribution in [0.5, 0.6) is 0 Å². The van der Waals surface area contributed by atoms with E-state index in [-0.39, 0.29) is 0 Å². The van der Waals surface area contributed by atoms with Crippen LogP contribution in [0.3, 0.4) is 0 Å². The van der Waals surface area contributed by atoms with Crippen LogP contribution in [0.2, 0.25) is 0 Å². The first-order chi connectivity index (χ1) is 9.19. The first-order valence-electron chi connectivity index (χ1n) is 7.05. The van der Waals surface area contributed by atoms with Crippen LogP contribution in [0.4, 0.5) is 0 Å². The highest BCUT2D eigenvalue weighted by molar-refractivity contribution is 5.75. The predicted octanol–water partition coefficient (Wildman–Crippen LogP) is 1.99. The van der Waals surface area contributed by atoms with Crippen molar-refractivity contribution in [2.24, 2.45) is 11.7 Å². The van der Waals surface area contributed by atoms with Gasteiger partial charge in [-0.1, -0.05) is 13.0 Å². The number of hydrogen-bond donors (Lipinski definition) is 3. The standard InChI is InChI=1S/C15H24N4/c1-11(10-16)5-7-17-8-6-13-3-4-14-15(9-13)19-12(2)18-14/h3-4,9,11,17H,5-8,10,16H2,1-2H3,(H,18,19). The average Bonchev–Trinajstić information content (AvgIpc) is 2.77. The highest BCUT2D eigenvalue weighted by Gasteiger charge is 2.01. The van der Waals surface area contributed by atoms with Gasteiger partial charge in [-0.05, 0) is 63.0 Å². The molecule has 104 valence electrons. The molecule has 0 fully saturated rings. The van der Waals surface area contributed by atoms with E-state index in [0.717, 1.165) is 49.3 Å². The Balaban J connectivity index is 1.78. The number of rotatable bonds is 7. The van der Waals surface area contributed by atoms with Crippen LogP contribution in [0.25, 0.3) is 11.0 Å². The number of aromatic nitrogens is 2. The number of nitrogens with zero attached hydrogens (tertiary/aromatic N) is 1. The minimum absolute atomic E-state index is 0.608. The summed E-state index contributed by atoms with van der Waals surface area (Å²) in [5.74, 6) is 1.58. The average molecular weight is 260 g/mol. The molecule has 4 N–H and O–H groups in total. The highest BCUT2D eigenvalue weighted by atomic mass is 14.9. The summed E-state index contributed by atoms with van der Waals surface area (Å²) in [4.78, 5) is 7.69. The monoisotopic (exact) mass is 260 g/mol. The van der Waals surface area contributed by atoms with Gasteiger partial charge in [-0.15, -0.1) is 0 Å². The van der Waals surface area contributed by atoms with Crippen molar-refractivity contribution < 1.29 is 0 Å². The molecular weight excluding hydrogens is 236 g/mol. The van der Waals surface area contributed by atoms with Crippen molar-refractivity contribution >= 4 is 11.0 Å². The van der Waals surface area contributed by atoms with Gasteiger partial charge in [0.25, 0.3) is 0 Å². The maximum atomic E-state index is 5.60. The molecule has 0 amide bonds. The molecule has 0 aliphatic carbocycles. The van der Waals surface area contributed by atoms with E-state index in [2.05, 4.69) is 40.4 Å². The second-order valence-electron chi connectivity index (χ2n) is 5.30. The van der Waals surface area contributed by atoms with Crippen molar-refractivity contribution in [2.75, 3.05) is 19.6 Å². The van der Waals surface area contributed by atoms with E-state index in [1.54, 1.807) is 0 Å². The molecule has 2 aromatic rings. The molecule has 0 bridgehead atoms. The molecule has 4 heteroatoms. The van der Waals surface area contributed by atoms with Gasteiger partial charge in [-0.2, -0.15) is 0 Å². The van der Waals surface area contributed by atoms with E-state index in [9.17, 15) is 0 Å². The summed E-state index contributed by atoms with van der Waals surface area (Å²) in [7, 11) is 0. The summed E-state index contributed by atoms with van der Waals surface area (Å²) >= 11 is 0. The molecule has 19 heavy (non-hydrogen) atoms. The number of nitrogens with one attached hydrogen (secondary N) is 2. The first-order valence-corrected chi connectivity index (χ1v) is 7.05. The molecule has 0 aliphatic heterocycles. The molecule has 0 radical (unpaired) electrons.